The van der Waals surface area contributed by atoms with E-state index in [0.29, 0.717) is 12.5 Å². The molecule has 0 aliphatic heterocycles. The number of amides is 1. The van der Waals surface area contributed by atoms with Gasteiger partial charge in [0.05, 0.1) is 16.3 Å². The maximum absolute atomic E-state index is 13.9. The highest BCUT2D eigenvalue weighted by molar-refractivity contribution is 6.31. The van der Waals surface area contributed by atoms with Gasteiger partial charge in [-0.15, -0.1) is 0 Å². The number of pyridine rings is 1. The van der Waals surface area contributed by atoms with Gasteiger partial charge in [0.2, 0.25) is 5.91 Å². The average Bonchev–Trinajstić information content (AvgIpc) is 2.78. The normalized spacial score (nSPS) is 14.0. The standard InChI is InChI=1S/C26H24ClF5N2O/c1-16(2)23(35)34-25(14-17-8-5-4-6-9-17,18-10-7-11-19(12-18)26(30,31)32)22-21(27)13-20(15-33-22)24(3,28)29/h4-13,15-16H,14H2,1-3H3,(H,34,35). The number of hydrogen-bond acceptors (Lipinski definition) is 2. The van der Waals surface area contributed by atoms with E-state index in [0.717, 1.165) is 24.4 Å². The molecule has 9 heteroatoms. The number of carbonyl (C=O) groups is 1. The van der Waals surface area contributed by atoms with Gasteiger partial charge in [-0.25, -0.2) is 8.78 Å². The molecule has 1 N–H and O–H groups in total. The van der Waals surface area contributed by atoms with E-state index in [-0.39, 0.29) is 22.7 Å². The number of hydrogen-bond donors (Lipinski definition) is 1. The Morgan fingerprint density at radius 3 is 2.11 bits per heavy atom. The van der Waals surface area contributed by atoms with Crippen LogP contribution in [0, 0.1) is 5.92 Å². The van der Waals surface area contributed by atoms with Crippen LogP contribution in [0.15, 0.2) is 66.9 Å². The van der Waals surface area contributed by atoms with Crippen LogP contribution in [0.2, 0.25) is 5.02 Å². The molecule has 0 spiro atoms. The number of aromatic nitrogens is 1. The fourth-order valence-corrected chi connectivity index (χ4v) is 4.04. The molecule has 1 aromatic heterocycles. The zero-order valence-corrected chi connectivity index (χ0v) is 20.0. The van der Waals surface area contributed by atoms with Crippen LogP contribution in [0.1, 0.15) is 48.7 Å². The van der Waals surface area contributed by atoms with E-state index in [2.05, 4.69) is 10.3 Å². The predicted octanol–water partition coefficient (Wildman–Crippen LogP) is 7.12. The Labute approximate surface area is 205 Å². The maximum atomic E-state index is 13.9. The summed E-state index contributed by atoms with van der Waals surface area (Å²) in [4.78, 5) is 17.2. The SMILES string of the molecule is CC(C)C(=O)NC(Cc1ccccc1)(c1cccc(C(F)(F)F)c1)c1ncc(C(C)(F)F)cc1Cl. The van der Waals surface area contributed by atoms with Crippen LogP contribution < -0.4 is 5.32 Å². The van der Waals surface area contributed by atoms with Crippen molar-refractivity contribution < 1.29 is 26.7 Å². The smallest absolute Gasteiger partial charge is 0.340 e. The molecule has 0 fully saturated rings. The minimum absolute atomic E-state index is 0.0256. The van der Waals surface area contributed by atoms with Gasteiger partial charge in [0, 0.05) is 31.0 Å². The lowest BCUT2D eigenvalue weighted by atomic mass is 9.79. The molecule has 0 aliphatic rings. The number of rotatable bonds is 7. The second-order valence-corrected chi connectivity index (χ2v) is 9.14. The molecule has 0 aliphatic carbocycles. The first kappa shape index (κ1) is 26.6. The lowest BCUT2D eigenvalue weighted by Crippen LogP contribution is -2.50. The van der Waals surface area contributed by atoms with Gasteiger partial charge >= 0.3 is 6.18 Å². The molecule has 3 nitrogen and oxygen atoms in total. The van der Waals surface area contributed by atoms with Crippen LogP contribution in [0.5, 0.6) is 0 Å². The third-order valence-corrected chi connectivity index (χ3v) is 5.90. The quantitative estimate of drug-likeness (QED) is 0.344. The molecule has 1 unspecified atom stereocenters. The number of benzene rings is 2. The van der Waals surface area contributed by atoms with Crippen LogP contribution in [0.4, 0.5) is 22.0 Å². The van der Waals surface area contributed by atoms with Gasteiger partial charge in [-0.3, -0.25) is 9.78 Å². The van der Waals surface area contributed by atoms with Crippen molar-refractivity contribution in [2.45, 2.75) is 44.8 Å². The summed E-state index contributed by atoms with van der Waals surface area (Å²) in [6, 6.07) is 14.3. The van der Waals surface area contributed by atoms with Crippen LogP contribution in [0.25, 0.3) is 0 Å². The van der Waals surface area contributed by atoms with Crippen LogP contribution in [-0.2, 0) is 28.9 Å². The Morgan fingerprint density at radius 1 is 0.943 bits per heavy atom. The number of carbonyl (C=O) groups excluding carboxylic acids is 1. The van der Waals surface area contributed by atoms with Crippen molar-refractivity contribution in [1.29, 1.82) is 0 Å². The van der Waals surface area contributed by atoms with Crippen LogP contribution in [0.3, 0.4) is 0 Å². The predicted molar refractivity (Wildman–Crippen MR) is 124 cm³/mol. The van der Waals surface area contributed by atoms with E-state index in [4.69, 9.17) is 11.6 Å². The van der Waals surface area contributed by atoms with Crippen molar-refractivity contribution in [3.05, 3.63) is 99.8 Å². The summed E-state index contributed by atoms with van der Waals surface area (Å²) in [5, 5.41) is 2.64. The molecular weight excluding hydrogens is 487 g/mol. The molecule has 0 radical (unpaired) electrons. The summed E-state index contributed by atoms with van der Waals surface area (Å²) in [5.74, 6) is -4.25. The van der Waals surface area contributed by atoms with E-state index in [1.54, 1.807) is 44.2 Å². The van der Waals surface area contributed by atoms with Crippen molar-refractivity contribution in [2.24, 2.45) is 5.92 Å². The van der Waals surface area contributed by atoms with Crippen LogP contribution >= 0.6 is 11.6 Å². The number of halogens is 6. The summed E-state index contributed by atoms with van der Waals surface area (Å²) in [7, 11) is 0. The van der Waals surface area contributed by atoms with E-state index < -0.39 is 40.6 Å². The molecule has 0 saturated carbocycles. The minimum atomic E-state index is -4.65. The van der Waals surface area contributed by atoms with E-state index in [9.17, 15) is 26.7 Å². The lowest BCUT2D eigenvalue weighted by molar-refractivity contribution is -0.137. The van der Waals surface area contributed by atoms with Crippen molar-refractivity contribution in [3.63, 3.8) is 0 Å². The molecule has 0 saturated heterocycles. The monoisotopic (exact) mass is 510 g/mol. The Hall–Kier alpha value is -3.00. The second kappa shape index (κ2) is 9.93. The molecule has 1 amide bonds. The van der Waals surface area contributed by atoms with Gasteiger partial charge < -0.3 is 5.32 Å². The average molecular weight is 511 g/mol. The largest absolute Gasteiger partial charge is 0.416 e. The van der Waals surface area contributed by atoms with E-state index >= 15 is 0 Å². The van der Waals surface area contributed by atoms with Gasteiger partial charge in [0.25, 0.3) is 5.92 Å². The topological polar surface area (TPSA) is 42.0 Å². The zero-order chi connectivity index (χ0) is 26.0. The Morgan fingerprint density at radius 2 is 1.57 bits per heavy atom. The molecule has 3 aromatic rings. The molecule has 1 atom stereocenters. The fraction of sp³-hybridized carbons (Fsp3) is 0.308. The molecule has 0 bridgehead atoms. The highest BCUT2D eigenvalue weighted by Gasteiger charge is 2.42. The first-order chi connectivity index (χ1) is 16.2. The van der Waals surface area contributed by atoms with Crippen molar-refractivity contribution >= 4 is 17.5 Å². The fourth-order valence-electron chi connectivity index (χ4n) is 3.71. The second-order valence-electron chi connectivity index (χ2n) is 8.73. The van der Waals surface area contributed by atoms with Gasteiger partial charge in [-0.1, -0.05) is 67.9 Å². The highest BCUT2D eigenvalue weighted by Crippen LogP contribution is 2.40. The summed E-state index contributed by atoms with van der Waals surface area (Å²) in [6.45, 7) is 3.94. The Balaban J connectivity index is 2.35. The third kappa shape index (κ3) is 5.99. The van der Waals surface area contributed by atoms with Crippen molar-refractivity contribution in [1.82, 2.24) is 10.3 Å². The maximum Gasteiger partial charge on any atom is 0.416 e. The first-order valence-electron chi connectivity index (χ1n) is 10.8. The Kier molecular flexibility index (Phi) is 7.55. The number of alkyl halides is 5. The third-order valence-electron chi connectivity index (χ3n) is 5.61. The molecule has 2 aromatic carbocycles. The summed E-state index contributed by atoms with van der Waals surface area (Å²) < 4.78 is 68.8. The Bertz CT molecular complexity index is 1190. The number of nitrogens with zero attached hydrogens (tertiary/aromatic N) is 1. The molecule has 186 valence electrons. The highest BCUT2D eigenvalue weighted by atomic mass is 35.5. The van der Waals surface area contributed by atoms with Crippen LogP contribution in [-0.4, -0.2) is 10.9 Å². The van der Waals surface area contributed by atoms with Gasteiger partial charge in [0.15, 0.2) is 0 Å². The molecular formula is C26H24ClF5N2O. The summed E-state index contributed by atoms with van der Waals surface area (Å²) >= 11 is 6.46. The summed E-state index contributed by atoms with van der Waals surface area (Å²) in [5.41, 5.74) is -2.38. The summed E-state index contributed by atoms with van der Waals surface area (Å²) in [6.07, 6.45) is -3.75. The van der Waals surface area contributed by atoms with Gasteiger partial charge in [-0.05, 0) is 29.3 Å². The lowest BCUT2D eigenvalue weighted by Gasteiger charge is -2.37. The minimum Gasteiger partial charge on any atom is -0.340 e. The number of nitrogens with one attached hydrogen (secondary N) is 1. The van der Waals surface area contributed by atoms with E-state index in [1.165, 1.54) is 12.1 Å². The molecule has 3 rings (SSSR count). The van der Waals surface area contributed by atoms with Gasteiger partial charge in [-0.2, -0.15) is 13.2 Å². The molecule has 1 heterocycles. The zero-order valence-electron chi connectivity index (χ0n) is 19.3. The first-order valence-corrected chi connectivity index (χ1v) is 11.2. The van der Waals surface area contributed by atoms with Crippen molar-refractivity contribution in [2.75, 3.05) is 0 Å². The van der Waals surface area contributed by atoms with Gasteiger partial charge in [0.1, 0.15) is 5.54 Å². The van der Waals surface area contributed by atoms with E-state index in [1.807, 2.05) is 0 Å². The molecule has 35 heavy (non-hydrogen) atoms. The van der Waals surface area contributed by atoms with Crippen molar-refractivity contribution in [3.8, 4) is 0 Å².